The summed E-state index contributed by atoms with van der Waals surface area (Å²) in [5.74, 6) is 0.981. The maximum Gasteiger partial charge on any atom is 0.183 e. The molecule has 0 bridgehead atoms. The Morgan fingerprint density at radius 3 is 2.89 bits per heavy atom. The van der Waals surface area contributed by atoms with Gasteiger partial charge in [0.05, 0.1) is 0 Å². The molecule has 3 rings (SSSR count). The van der Waals surface area contributed by atoms with Crippen LogP contribution in [-0.2, 0) is 0 Å². The number of H-pyrrole nitrogens is 1. The maximum absolute atomic E-state index is 11.4. The first-order valence-corrected chi connectivity index (χ1v) is 5.72. The fraction of sp³-hybridized carbons (Fsp3) is 0.0769. The second-order valence-electron chi connectivity index (χ2n) is 4.18. The number of aromatic amines is 1. The zero-order valence-electron chi connectivity index (χ0n) is 10.2. The summed E-state index contributed by atoms with van der Waals surface area (Å²) in [5, 5.41) is 0. The second kappa shape index (κ2) is 4.16. The van der Waals surface area contributed by atoms with Gasteiger partial charge in [-0.25, -0.2) is 15.0 Å². The highest BCUT2D eigenvalue weighted by atomic mass is 16.1. The number of anilines is 1. The molecule has 0 aliphatic carbocycles. The number of imidazole rings is 1. The van der Waals surface area contributed by atoms with Gasteiger partial charge in [0.2, 0.25) is 0 Å². The highest BCUT2D eigenvalue weighted by molar-refractivity contribution is 5.95. The molecule has 0 atom stereocenters. The number of Topliss-reactive ketones (excluding diaryl/α,β-unsaturated/α-hetero) is 1. The van der Waals surface area contributed by atoms with Crippen LogP contribution >= 0.6 is 0 Å². The lowest BCUT2D eigenvalue weighted by molar-refractivity contribution is 0.101. The Morgan fingerprint density at radius 1 is 1.32 bits per heavy atom. The maximum atomic E-state index is 11.4. The SMILES string of the molecule is CC(=O)c1cccc(-c2nc3ncnc(N)c3[nH]2)c1. The first-order chi connectivity index (χ1) is 9.15. The van der Waals surface area contributed by atoms with Crippen LogP contribution < -0.4 is 5.73 Å². The standard InChI is InChI=1S/C13H11N5O/c1-7(19)8-3-2-4-9(5-8)12-17-10-11(14)15-6-16-13(10)18-12/h2-6H,1H3,(H3,14,15,16,17,18). The third-order valence-corrected chi connectivity index (χ3v) is 2.86. The molecule has 0 aliphatic rings. The minimum absolute atomic E-state index is 0.0114. The fourth-order valence-corrected chi connectivity index (χ4v) is 1.87. The molecule has 1 aromatic carbocycles. The number of carbonyl (C=O) groups is 1. The molecule has 0 spiro atoms. The Labute approximate surface area is 108 Å². The van der Waals surface area contributed by atoms with Crippen molar-refractivity contribution in [3.63, 3.8) is 0 Å². The number of ketones is 1. The lowest BCUT2D eigenvalue weighted by Crippen LogP contribution is -1.92. The highest BCUT2D eigenvalue weighted by Crippen LogP contribution is 2.22. The zero-order valence-corrected chi connectivity index (χ0v) is 10.2. The minimum Gasteiger partial charge on any atom is -0.382 e. The van der Waals surface area contributed by atoms with Gasteiger partial charge < -0.3 is 10.7 Å². The topological polar surface area (TPSA) is 97.6 Å². The quantitative estimate of drug-likeness (QED) is 0.679. The number of hydrogen-bond donors (Lipinski definition) is 2. The van der Waals surface area contributed by atoms with Gasteiger partial charge in [0.15, 0.2) is 17.2 Å². The monoisotopic (exact) mass is 253 g/mol. The number of nitrogens with one attached hydrogen (secondary N) is 1. The van der Waals surface area contributed by atoms with Gasteiger partial charge in [-0.15, -0.1) is 0 Å². The molecule has 0 amide bonds. The normalized spacial score (nSPS) is 10.8. The van der Waals surface area contributed by atoms with E-state index in [2.05, 4.69) is 19.9 Å². The van der Waals surface area contributed by atoms with Gasteiger partial charge in [0.25, 0.3) is 0 Å². The Morgan fingerprint density at radius 2 is 2.16 bits per heavy atom. The summed E-state index contributed by atoms with van der Waals surface area (Å²) < 4.78 is 0. The number of carbonyl (C=O) groups excluding carboxylic acids is 1. The van der Waals surface area contributed by atoms with Crippen LogP contribution in [0.4, 0.5) is 5.82 Å². The number of fused-ring (bicyclic) bond motifs is 1. The number of rotatable bonds is 2. The van der Waals surface area contributed by atoms with Gasteiger partial charge in [0.1, 0.15) is 17.7 Å². The summed E-state index contributed by atoms with van der Waals surface area (Å²) in [6.07, 6.45) is 1.37. The van der Waals surface area contributed by atoms with Crippen LogP contribution in [0.2, 0.25) is 0 Å². The summed E-state index contributed by atoms with van der Waals surface area (Å²) in [5.41, 5.74) is 8.31. The summed E-state index contributed by atoms with van der Waals surface area (Å²) in [6.45, 7) is 1.53. The van der Waals surface area contributed by atoms with Crippen molar-refractivity contribution >= 4 is 22.8 Å². The molecule has 6 nitrogen and oxygen atoms in total. The predicted molar refractivity (Wildman–Crippen MR) is 71.5 cm³/mol. The summed E-state index contributed by atoms with van der Waals surface area (Å²) in [4.78, 5) is 26.7. The van der Waals surface area contributed by atoms with E-state index >= 15 is 0 Å². The van der Waals surface area contributed by atoms with Crippen LogP contribution in [0.25, 0.3) is 22.6 Å². The van der Waals surface area contributed by atoms with Crippen molar-refractivity contribution in [2.45, 2.75) is 6.92 Å². The number of nitrogens with zero attached hydrogens (tertiary/aromatic N) is 3. The van der Waals surface area contributed by atoms with Gasteiger partial charge in [0, 0.05) is 11.1 Å². The van der Waals surface area contributed by atoms with E-state index in [4.69, 9.17) is 5.73 Å². The Bertz CT molecular complexity index is 778. The highest BCUT2D eigenvalue weighted by Gasteiger charge is 2.10. The first-order valence-electron chi connectivity index (χ1n) is 5.72. The number of nitrogens with two attached hydrogens (primary N) is 1. The molecule has 0 radical (unpaired) electrons. The third-order valence-electron chi connectivity index (χ3n) is 2.86. The van der Waals surface area contributed by atoms with Crippen molar-refractivity contribution < 1.29 is 4.79 Å². The summed E-state index contributed by atoms with van der Waals surface area (Å²) in [7, 11) is 0. The molecule has 2 aromatic heterocycles. The Hall–Kier alpha value is -2.76. The number of benzene rings is 1. The molecule has 3 N–H and O–H groups in total. The van der Waals surface area contributed by atoms with E-state index in [1.54, 1.807) is 12.1 Å². The molecule has 0 saturated heterocycles. The van der Waals surface area contributed by atoms with Crippen molar-refractivity contribution in [3.05, 3.63) is 36.2 Å². The first kappa shape index (κ1) is 11.3. The predicted octanol–water partition coefficient (Wildman–Crippen LogP) is 1.80. The molecule has 6 heteroatoms. The average Bonchev–Trinajstić information content (AvgIpc) is 2.84. The molecule has 19 heavy (non-hydrogen) atoms. The Kier molecular flexibility index (Phi) is 2.49. The van der Waals surface area contributed by atoms with Crippen LogP contribution in [0.15, 0.2) is 30.6 Å². The van der Waals surface area contributed by atoms with E-state index in [9.17, 15) is 4.79 Å². The van der Waals surface area contributed by atoms with E-state index < -0.39 is 0 Å². The van der Waals surface area contributed by atoms with E-state index in [1.807, 2.05) is 12.1 Å². The minimum atomic E-state index is 0.0114. The largest absolute Gasteiger partial charge is 0.382 e. The van der Waals surface area contributed by atoms with Crippen molar-refractivity contribution in [2.24, 2.45) is 0 Å². The molecule has 0 unspecified atom stereocenters. The summed E-state index contributed by atoms with van der Waals surface area (Å²) >= 11 is 0. The van der Waals surface area contributed by atoms with Gasteiger partial charge in [-0.1, -0.05) is 18.2 Å². The summed E-state index contributed by atoms with van der Waals surface area (Å²) in [6, 6.07) is 7.23. The lowest BCUT2D eigenvalue weighted by atomic mass is 10.1. The van der Waals surface area contributed by atoms with E-state index in [0.29, 0.717) is 28.4 Å². The van der Waals surface area contributed by atoms with E-state index in [1.165, 1.54) is 13.3 Å². The van der Waals surface area contributed by atoms with Crippen molar-refractivity contribution in [2.75, 3.05) is 5.73 Å². The molecule has 2 heterocycles. The van der Waals surface area contributed by atoms with E-state index in [0.717, 1.165) is 5.56 Å². The van der Waals surface area contributed by atoms with Crippen molar-refractivity contribution in [1.29, 1.82) is 0 Å². The van der Waals surface area contributed by atoms with Gasteiger partial charge >= 0.3 is 0 Å². The molecule has 0 fully saturated rings. The smallest absolute Gasteiger partial charge is 0.183 e. The number of hydrogen-bond acceptors (Lipinski definition) is 5. The molecule has 0 aliphatic heterocycles. The number of aromatic nitrogens is 4. The number of nitrogen functional groups attached to an aromatic ring is 1. The van der Waals surface area contributed by atoms with Gasteiger partial charge in [-0.05, 0) is 13.0 Å². The lowest BCUT2D eigenvalue weighted by Gasteiger charge is -1.99. The van der Waals surface area contributed by atoms with Crippen LogP contribution in [-0.4, -0.2) is 25.7 Å². The molecule has 94 valence electrons. The second-order valence-corrected chi connectivity index (χ2v) is 4.18. The molecular weight excluding hydrogens is 242 g/mol. The zero-order chi connectivity index (χ0) is 13.4. The van der Waals surface area contributed by atoms with Crippen LogP contribution in [0.5, 0.6) is 0 Å². The molecule has 3 aromatic rings. The van der Waals surface area contributed by atoms with Crippen LogP contribution in [0, 0.1) is 0 Å². The van der Waals surface area contributed by atoms with E-state index in [-0.39, 0.29) is 5.78 Å². The van der Waals surface area contributed by atoms with Crippen molar-refractivity contribution in [3.8, 4) is 11.4 Å². The average molecular weight is 253 g/mol. The van der Waals surface area contributed by atoms with Crippen LogP contribution in [0.3, 0.4) is 0 Å². The van der Waals surface area contributed by atoms with Crippen LogP contribution in [0.1, 0.15) is 17.3 Å². The van der Waals surface area contributed by atoms with Gasteiger partial charge in [-0.2, -0.15) is 0 Å². The van der Waals surface area contributed by atoms with Crippen molar-refractivity contribution in [1.82, 2.24) is 19.9 Å². The fourth-order valence-electron chi connectivity index (χ4n) is 1.87. The Balaban J connectivity index is 2.16. The molecular formula is C13H11N5O. The molecule has 0 saturated carbocycles. The third kappa shape index (κ3) is 1.93. The van der Waals surface area contributed by atoms with Gasteiger partial charge in [-0.3, -0.25) is 4.79 Å².